The highest BCUT2D eigenvalue weighted by molar-refractivity contribution is 6.32. The summed E-state index contributed by atoms with van der Waals surface area (Å²) in [6.45, 7) is 0.841. The topological polar surface area (TPSA) is 79.8 Å². The van der Waals surface area contributed by atoms with Crippen molar-refractivity contribution in [3.05, 3.63) is 97.3 Å². The van der Waals surface area contributed by atoms with E-state index in [4.69, 9.17) is 11.6 Å². The molecule has 0 radical (unpaired) electrons. The van der Waals surface area contributed by atoms with E-state index in [1.54, 1.807) is 12.1 Å². The van der Waals surface area contributed by atoms with E-state index in [9.17, 15) is 9.59 Å². The van der Waals surface area contributed by atoms with Gasteiger partial charge in [-0.15, -0.1) is 0 Å². The van der Waals surface area contributed by atoms with Crippen molar-refractivity contribution >= 4 is 17.3 Å². The van der Waals surface area contributed by atoms with E-state index in [0.29, 0.717) is 10.7 Å². The Kier molecular flexibility index (Phi) is 4.17. The molecule has 3 aromatic rings. The highest BCUT2D eigenvalue weighted by Crippen LogP contribution is 2.49. The second-order valence-corrected chi connectivity index (χ2v) is 8.08. The molecule has 7 heteroatoms. The fourth-order valence-electron chi connectivity index (χ4n) is 4.52. The first-order valence-corrected chi connectivity index (χ1v) is 9.94. The van der Waals surface area contributed by atoms with Crippen LogP contribution in [0.1, 0.15) is 30.4 Å². The predicted octanol–water partition coefficient (Wildman–Crippen LogP) is 3.01. The van der Waals surface area contributed by atoms with Crippen LogP contribution in [0, 0.1) is 0 Å². The molecule has 0 amide bonds. The molecule has 1 unspecified atom stereocenters. The Morgan fingerprint density at radius 1 is 1.10 bits per heavy atom. The number of benzene rings is 2. The zero-order valence-electron chi connectivity index (χ0n) is 15.6. The first kappa shape index (κ1) is 17.9. The van der Waals surface area contributed by atoms with Gasteiger partial charge in [-0.2, -0.15) is 9.78 Å². The zero-order chi connectivity index (χ0) is 20.0. The minimum Gasteiger partial charge on any atom is -0.384 e. The average molecular weight is 407 g/mol. The lowest BCUT2D eigenvalue weighted by molar-refractivity contribution is 0.430. The summed E-state index contributed by atoms with van der Waals surface area (Å²) >= 11 is 6.53. The second kappa shape index (κ2) is 6.74. The maximum atomic E-state index is 12.1. The molecule has 1 aliphatic heterocycles. The first-order valence-electron chi connectivity index (χ1n) is 9.56. The van der Waals surface area contributed by atoms with Crippen molar-refractivity contribution in [2.45, 2.75) is 24.7 Å². The van der Waals surface area contributed by atoms with E-state index in [-0.39, 0.29) is 5.41 Å². The number of aromatic nitrogens is 3. The van der Waals surface area contributed by atoms with Gasteiger partial charge in [0, 0.05) is 23.2 Å². The van der Waals surface area contributed by atoms with Crippen molar-refractivity contribution in [1.29, 1.82) is 0 Å². The highest BCUT2D eigenvalue weighted by atomic mass is 35.5. The molecule has 2 N–H and O–H groups in total. The third-order valence-electron chi connectivity index (χ3n) is 5.98. The summed E-state index contributed by atoms with van der Waals surface area (Å²) in [6.07, 6.45) is 4.19. The lowest BCUT2D eigenvalue weighted by Crippen LogP contribution is -2.38. The molecule has 29 heavy (non-hydrogen) atoms. The van der Waals surface area contributed by atoms with Crippen LogP contribution in [0.3, 0.4) is 0 Å². The Balaban J connectivity index is 1.56. The van der Waals surface area contributed by atoms with E-state index in [1.807, 2.05) is 12.1 Å². The van der Waals surface area contributed by atoms with E-state index >= 15 is 0 Å². The molecule has 1 aromatic heterocycles. The number of allylic oxidation sites excluding steroid dienone is 1. The van der Waals surface area contributed by atoms with Crippen molar-refractivity contribution in [2.75, 3.05) is 6.54 Å². The fraction of sp³-hybridized carbons (Fsp3) is 0.227. The number of nitrogens with zero attached hydrogens (tertiary/aromatic N) is 2. The minimum absolute atomic E-state index is 0.127. The van der Waals surface area contributed by atoms with Gasteiger partial charge in [0.25, 0.3) is 5.56 Å². The molecule has 0 spiro atoms. The molecular weight excluding hydrogens is 388 g/mol. The Labute approximate surface area is 171 Å². The maximum Gasteiger partial charge on any atom is 0.349 e. The number of aromatic amines is 1. The Morgan fingerprint density at radius 3 is 2.72 bits per heavy atom. The lowest BCUT2D eigenvalue weighted by atomic mass is 9.77. The van der Waals surface area contributed by atoms with Gasteiger partial charge < -0.3 is 5.32 Å². The van der Waals surface area contributed by atoms with Crippen molar-refractivity contribution in [1.82, 2.24) is 20.1 Å². The highest BCUT2D eigenvalue weighted by Gasteiger charge is 2.42. The maximum absolute atomic E-state index is 12.1. The van der Waals surface area contributed by atoms with Gasteiger partial charge in [-0.3, -0.25) is 9.78 Å². The molecular formula is C22H19ClN4O2. The smallest absolute Gasteiger partial charge is 0.349 e. The monoisotopic (exact) mass is 406 g/mol. The van der Waals surface area contributed by atoms with Crippen LogP contribution in [-0.4, -0.2) is 21.3 Å². The number of hydrogen-bond acceptors (Lipinski definition) is 4. The third-order valence-corrected chi connectivity index (χ3v) is 6.31. The SMILES string of the molecule is O=c1cnn(-c2ccc(Cl)c(C3=C4CCC(c5ccccc5)(CN3)C4)c2)c(=O)[nH]1. The fourth-order valence-corrected chi connectivity index (χ4v) is 4.73. The third kappa shape index (κ3) is 3.00. The standard InChI is InChI=1S/C22H19ClN4O2/c23-18-7-6-16(27-21(29)26-19(28)12-25-27)10-17(18)20-14-8-9-22(11-14,13-24-20)15-4-2-1-3-5-15/h1-7,10,12,24H,8-9,11,13H2,(H,26,28,29). The average Bonchev–Trinajstić information content (AvgIpc) is 3.08. The molecule has 2 aromatic carbocycles. The normalized spacial score (nSPS) is 20.6. The number of nitrogens with one attached hydrogen (secondary N) is 2. The summed E-state index contributed by atoms with van der Waals surface area (Å²) in [4.78, 5) is 25.7. The van der Waals surface area contributed by atoms with Crippen LogP contribution in [0.5, 0.6) is 0 Å². The largest absolute Gasteiger partial charge is 0.384 e. The molecule has 5 rings (SSSR count). The molecule has 1 fully saturated rings. The van der Waals surface area contributed by atoms with Crippen molar-refractivity contribution in [3.8, 4) is 5.69 Å². The molecule has 6 nitrogen and oxygen atoms in total. The Hall–Kier alpha value is -3.12. The van der Waals surface area contributed by atoms with Crippen LogP contribution in [0.2, 0.25) is 5.02 Å². The number of fused-ring (bicyclic) bond motifs is 2. The van der Waals surface area contributed by atoms with Crippen molar-refractivity contribution in [3.63, 3.8) is 0 Å². The number of rotatable bonds is 3. The summed E-state index contributed by atoms with van der Waals surface area (Å²) in [5.41, 5.74) is 4.18. The van der Waals surface area contributed by atoms with Gasteiger partial charge in [-0.1, -0.05) is 41.9 Å². The second-order valence-electron chi connectivity index (χ2n) is 7.67. The molecule has 0 saturated heterocycles. The van der Waals surface area contributed by atoms with Gasteiger partial charge in [-0.05, 0) is 48.6 Å². The Bertz CT molecular complexity index is 1250. The van der Waals surface area contributed by atoms with E-state index in [1.165, 1.54) is 11.1 Å². The summed E-state index contributed by atoms with van der Waals surface area (Å²) < 4.78 is 1.16. The van der Waals surface area contributed by atoms with Gasteiger partial charge in [0.05, 0.1) is 10.7 Å². The lowest BCUT2D eigenvalue weighted by Gasteiger charge is -2.34. The van der Waals surface area contributed by atoms with Crippen molar-refractivity contribution < 1.29 is 0 Å². The number of hydrogen-bond donors (Lipinski definition) is 2. The molecule has 1 atom stereocenters. The van der Waals surface area contributed by atoms with E-state index in [2.05, 4.69) is 39.7 Å². The van der Waals surface area contributed by atoms with E-state index < -0.39 is 11.2 Å². The quantitative estimate of drug-likeness (QED) is 0.700. The van der Waals surface area contributed by atoms with Crippen LogP contribution < -0.4 is 16.6 Å². The summed E-state index contributed by atoms with van der Waals surface area (Å²) in [5.74, 6) is 0. The first-order chi connectivity index (χ1) is 14.1. The van der Waals surface area contributed by atoms with Gasteiger partial charge >= 0.3 is 5.69 Å². The van der Waals surface area contributed by atoms with Crippen LogP contribution in [-0.2, 0) is 5.41 Å². The van der Waals surface area contributed by atoms with E-state index in [0.717, 1.165) is 47.9 Å². The minimum atomic E-state index is -0.580. The number of H-pyrrole nitrogens is 1. The zero-order valence-corrected chi connectivity index (χ0v) is 16.4. The molecule has 146 valence electrons. The summed E-state index contributed by atoms with van der Waals surface area (Å²) in [6, 6.07) is 16.0. The summed E-state index contributed by atoms with van der Waals surface area (Å²) in [7, 11) is 0. The van der Waals surface area contributed by atoms with Gasteiger partial charge in [0.15, 0.2) is 0 Å². The van der Waals surface area contributed by atoms with Gasteiger partial charge in [0.2, 0.25) is 0 Å². The van der Waals surface area contributed by atoms with Crippen LogP contribution in [0.4, 0.5) is 0 Å². The van der Waals surface area contributed by atoms with Crippen molar-refractivity contribution in [2.24, 2.45) is 0 Å². The molecule has 1 aliphatic carbocycles. The van der Waals surface area contributed by atoms with Crippen LogP contribution in [0.15, 0.2) is 69.9 Å². The number of halogens is 1. The Morgan fingerprint density at radius 2 is 1.93 bits per heavy atom. The molecule has 2 aliphatic rings. The van der Waals surface area contributed by atoms with Crippen LogP contribution >= 0.6 is 11.6 Å². The van der Waals surface area contributed by atoms with Gasteiger partial charge in [0.1, 0.15) is 6.20 Å². The molecule has 2 bridgehead atoms. The summed E-state index contributed by atoms with van der Waals surface area (Å²) in [5, 5.41) is 8.16. The van der Waals surface area contributed by atoms with Crippen LogP contribution in [0.25, 0.3) is 11.4 Å². The molecule has 2 heterocycles. The predicted molar refractivity (Wildman–Crippen MR) is 112 cm³/mol. The van der Waals surface area contributed by atoms with Gasteiger partial charge in [-0.25, -0.2) is 4.79 Å². The molecule has 1 saturated carbocycles.